The van der Waals surface area contributed by atoms with Crippen LogP contribution in [0.1, 0.15) is 23.6 Å². The molecule has 0 spiro atoms. The molecular weight excluding hydrogens is 320 g/mol. The molecule has 1 atom stereocenters. The second-order valence-corrected chi connectivity index (χ2v) is 6.41. The lowest BCUT2D eigenvalue weighted by Gasteiger charge is -2.26. The van der Waals surface area contributed by atoms with Crippen molar-refractivity contribution in [1.82, 2.24) is 4.98 Å². The molecule has 1 aromatic heterocycles. The molecule has 1 unspecified atom stereocenters. The number of halogens is 1. The predicted molar refractivity (Wildman–Crippen MR) is 98.8 cm³/mol. The third-order valence-corrected chi connectivity index (χ3v) is 4.30. The van der Waals surface area contributed by atoms with Crippen molar-refractivity contribution in [2.24, 2.45) is 0 Å². The number of aliphatic hydroxyl groups is 1. The zero-order chi connectivity index (χ0) is 17.2. The number of pyridine rings is 1. The second kappa shape index (κ2) is 6.63. The lowest BCUT2D eigenvalue weighted by molar-refractivity contribution is 0.103. The van der Waals surface area contributed by atoms with Crippen molar-refractivity contribution in [3.05, 3.63) is 88.6 Å². The zero-order valence-corrected chi connectivity index (χ0v) is 14.4. The number of anilines is 2. The third kappa shape index (κ3) is 3.42. The van der Waals surface area contributed by atoms with Crippen LogP contribution < -0.4 is 5.32 Å². The van der Waals surface area contributed by atoms with Gasteiger partial charge < -0.3 is 10.4 Å². The number of aryl methyl sites for hydroxylation is 1. The van der Waals surface area contributed by atoms with Crippen molar-refractivity contribution in [3.8, 4) is 0 Å². The van der Waals surface area contributed by atoms with Gasteiger partial charge in [0, 0.05) is 22.5 Å². The number of hydrogen-bond donors (Lipinski definition) is 2. The summed E-state index contributed by atoms with van der Waals surface area (Å²) < 4.78 is 0. The minimum Gasteiger partial charge on any atom is -0.381 e. The smallest absolute Gasteiger partial charge is 0.136 e. The number of rotatable bonds is 4. The molecule has 4 heteroatoms. The molecule has 2 aromatic carbocycles. The van der Waals surface area contributed by atoms with E-state index in [2.05, 4.69) is 10.3 Å². The maximum atomic E-state index is 11.1. The van der Waals surface area contributed by atoms with E-state index in [4.69, 9.17) is 11.6 Å². The third-order valence-electron chi connectivity index (χ3n) is 4.05. The van der Waals surface area contributed by atoms with Crippen molar-refractivity contribution in [1.29, 1.82) is 0 Å². The Labute approximate surface area is 147 Å². The van der Waals surface area contributed by atoms with E-state index in [9.17, 15) is 5.11 Å². The Kier molecular flexibility index (Phi) is 4.56. The summed E-state index contributed by atoms with van der Waals surface area (Å²) in [6.45, 7) is 3.80. The summed E-state index contributed by atoms with van der Waals surface area (Å²) in [5.74, 6) is 0.616. The lowest BCUT2D eigenvalue weighted by Crippen LogP contribution is -2.24. The Bertz CT molecular complexity index is 827. The fourth-order valence-electron chi connectivity index (χ4n) is 2.60. The maximum absolute atomic E-state index is 11.1. The van der Waals surface area contributed by atoms with E-state index >= 15 is 0 Å². The van der Waals surface area contributed by atoms with Gasteiger partial charge in [0.05, 0.1) is 0 Å². The van der Waals surface area contributed by atoms with Crippen LogP contribution in [-0.4, -0.2) is 10.1 Å². The van der Waals surface area contributed by atoms with Gasteiger partial charge in [-0.2, -0.15) is 0 Å². The van der Waals surface area contributed by atoms with E-state index in [1.165, 1.54) is 0 Å². The van der Waals surface area contributed by atoms with Gasteiger partial charge in [-0.1, -0.05) is 47.5 Å². The zero-order valence-electron chi connectivity index (χ0n) is 13.6. The van der Waals surface area contributed by atoms with E-state index < -0.39 is 5.60 Å². The average Bonchev–Trinajstić information content (AvgIpc) is 2.58. The van der Waals surface area contributed by atoms with Crippen LogP contribution in [0.3, 0.4) is 0 Å². The molecule has 0 amide bonds. The van der Waals surface area contributed by atoms with E-state index in [1.807, 2.05) is 67.6 Å². The molecular formula is C20H19ClN2O. The molecule has 0 radical (unpaired) electrons. The predicted octanol–water partition coefficient (Wildman–Crippen LogP) is 5.04. The summed E-state index contributed by atoms with van der Waals surface area (Å²) in [6, 6.07) is 18.9. The van der Waals surface area contributed by atoms with Gasteiger partial charge in [-0.3, -0.25) is 0 Å². The topological polar surface area (TPSA) is 45.2 Å². The Morgan fingerprint density at radius 1 is 1.00 bits per heavy atom. The molecule has 0 aliphatic heterocycles. The average molecular weight is 339 g/mol. The summed E-state index contributed by atoms with van der Waals surface area (Å²) >= 11 is 5.93. The van der Waals surface area contributed by atoms with Crippen molar-refractivity contribution >= 4 is 23.1 Å². The second-order valence-electron chi connectivity index (χ2n) is 5.97. The van der Waals surface area contributed by atoms with Crippen LogP contribution in [0.5, 0.6) is 0 Å². The summed E-state index contributed by atoms with van der Waals surface area (Å²) in [5, 5.41) is 15.1. The van der Waals surface area contributed by atoms with E-state index in [1.54, 1.807) is 13.1 Å². The largest absolute Gasteiger partial charge is 0.381 e. The SMILES string of the molecule is Cc1ccc(C(C)(O)c2cccnc2Nc2ccc(Cl)cc2)cc1. The summed E-state index contributed by atoms with van der Waals surface area (Å²) in [5.41, 5.74) is 2.39. The molecule has 0 aliphatic rings. The van der Waals surface area contributed by atoms with Crippen LogP contribution in [0, 0.1) is 6.92 Å². The molecule has 0 bridgehead atoms. The molecule has 3 rings (SSSR count). The molecule has 1 heterocycles. The number of benzene rings is 2. The highest BCUT2D eigenvalue weighted by atomic mass is 35.5. The summed E-state index contributed by atoms with van der Waals surface area (Å²) in [7, 11) is 0. The summed E-state index contributed by atoms with van der Waals surface area (Å²) in [4.78, 5) is 4.40. The van der Waals surface area contributed by atoms with Crippen molar-refractivity contribution in [2.75, 3.05) is 5.32 Å². The highest BCUT2D eigenvalue weighted by Crippen LogP contribution is 2.34. The summed E-state index contributed by atoms with van der Waals surface area (Å²) in [6.07, 6.45) is 1.70. The minimum atomic E-state index is -1.16. The number of aromatic nitrogens is 1. The normalized spacial score (nSPS) is 13.3. The molecule has 3 nitrogen and oxygen atoms in total. The first-order chi connectivity index (χ1) is 11.5. The van der Waals surface area contributed by atoms with E-state index in [0.29, 0.717) is 16.4 Å². The first-order valence-corrected chi connectivity index (χ1v) is 8.12. The minimum absolute atomic E-state index is 0.616. The van der Waals surface area contributed by atoms with Gasteiger partial charge in [0.1, 0.15) is 11.4 Å². The van der Waals surface area contributed by atoms with E-state index in [0.717, 1.165) is 16.8 Å². The van der Waals surface area contributed by atoms with Crippen molar-refractivity contribution in [3.63, 3.8) is 0 Å². The molecule has 3 aromatic rings. The van der Waals surface area contributed by atoms with Crippen LogP contribution >= 0.6 is 11.6 Å². The van der Waals surface area contributed by atoms with Crippen LogP contribution in [0.2, 0.25) is 5.02 Å². The van der Waals surface area contributed by atoms with Crippen LogP contribution in [0.25, 0.3) is 0 Å². The van der Waals surface area contributed by atoms with Crippen LogP contribution in [0.4, 0.5) is 11.5 Å². The highest BCUT2D eigenvalue weighted by molar-refractivity contribution is 6.30. The maximum Gasteiger partial charge on any atom is 0.136 e. The fraction of sp³-hybridized carbons (Fsp3) is 0.150. The highest BCUT2D eigenvalue weighted by Gasteiger charge is 2.29. The molecule has 0 aliphatic carbocycles. The monoisotopic (exact) mass is 338 g/mol. The van der Waals surface area contributed by atoms with Gasteiger partial charge in [0.15, 0.2) is 0 Å². The Morgan fingerprint density at radius 3 is 2.33 bits per heavy atom. The van der Waals surface area contributed by atoms with Gasteiger partial charge in [-0.05, 0) is 49.7 Å². The molecule has 24 heavy (non-hydrogen) atoms. The van der Waals surface area contributed by atoms with Gasteiger partial charge >= 0.3 is 0 Å². The van der Waals surface area contributed by atoms with Crippen molar-refractivity contribution < 1.29 is 5.11 Å². The van der Waals surface area contributed by atoms with Gasteiger partial charge in [0.25, 0.3) is 0 Å². The molecule has 122 valence electrons. The van der Waals surface area contributed by atoms with Gasteiger partial charge in [0.2, 0.25) is 0 Å². The first kappa shape index (κ1) is 16.5. The molecule has 0 saturated heterocycles. The van der Waals surface area contributed by atoms with Gasteiger partial charge in [-0.25, -0.2) is 4.98 Å². The molecule has 0 fully saturated rings. The number of nitrogens with zero attached hydrogens (tertiary/aromatic N) is 1. The Morgan fingerprint density at radius 2 is 1.67 bits per heavy atom. The van der Waals surface area contributed by atoms with Crippen molar-refractivity contribution in [2.45, 2.75) is 19.4 Å². The first-order valence-electron chi connectivity index (χ1n) is 7.74. The number of nitrogens with one attached hydrogen (secondary N) is 1. The van der Waals surface area contributed by atoms with E-state index in [-0.39, 0.29) is 0 Å². The lowest BCUT2D eigenvalue weighted by atomic mass is 9.88. The molecule has 0 saturated carbocycles. The number of hydrogen-bond acceptors (Lipinski definition) is 3. The fourth-order valence-corrected chi connectivity index (χ4v) is 2.73. The standard InChI is InChI=1S/C20H19ClN2O/c1-14-5-7-15(8-6-14)20(2,24)18-4-3-13-22-19(18)23-17-11-9-16(21)10-12-17/h3-13,24H,1-2H3,(H,22,23). The van der Waals surface area contributed by atoms with Crippen LogP contribution in [-0.2, 0) is 5.60 Å². The molecule has 2 N–H and O–H groups in total. The van der Waals surface area contributed by atoms with Gasteiger partial charge in [-0.15, -0.1) is 0 Å². The Balaban J connectivity index is 1.98. The quantitative estimate of drug-likeness (QED) is 0.700. The Hall–Kier alpha value is -2.36. The van der Waals surface area contributed by atoms with Crippen LogP contribution in [0.15, 0.2) is 66.9 Å².